The number of aromatic nitrogens is 4. The van der Waals surface area contributed by atoms with Crippen LogP contribution in [0, 0.1) is 0 Å². The van der Waals surface area contributed by atoms with Crippen molar-refractivity contribution in [2.45, 2.75) is 51.0 Å². The third-order valence-electron chi connectivity index (χ3n) is 4.73. The van der Waals surface area contributed by atoms with Crippen molar-refractivity contribution in [1.29, 1.82) is 0 Å². The second-order valence-electron chi connectivity index (χ2n) is 6.69. The summed E-state index contributed by atoms with van der Waals surface area (Å²) in [7, 11) is 0. The summed E-state index contributed by atoms with van der Waals surface area (Å²) in [6, 6.07) is 7.60. The molecule has 1 aromatic carbocycles. The maximum atomic E-state index is 12.4. The van der Waals surface area contributed by atoms with Crippen LogP contribution >= 0.6 is 11.6 Å². The van der Waals surface area contributed by atoms with E-state index in [9.17, 15) is 4.79 Å². The van der Waals surface area contributed by atoms with Crippen LogP contribution in [0.4, 0.5) is 0 Å². The number of benzene rings is 1. The van der Waals surface area contributed by atoms with Crippen molar-refractivity contribution in [3.05, 3.63) is 52.8 Å². The summed E-state index contributed by atoms with van der Waals surface area (Å²) in [5, 5.41) is 15.0. The Hall–Kier alpha value is -2.21. The lowest BCUT2D eigenvalue weighted by atomic mass is 9.95. The lowest BCUT2D eigenvalue weighted by Gasteiger charge is -2.17. The Kier molecular flexibility index (Phi) is 6.77. The van der Waals surface area contributed by atoms with Crippen LogP contribution < -0.4 is 5.32 Å². The fourth-order valence-corrected chi connectivity index (χ4v) is 3.43. The van der Waals surface area contributed by atoms with Crippen LogP contribution in [-0.2, 0) is 11.3 Å². The average Bonchev–Trinajstić information content (AvgIpc) is 3.16. The lowest BCUT2D eigenvalue weighted by molar-refractivity contribution is -0.121. The van der Waals surface area contributed by atoms with E-state index in [1.54, 1.807) is 11.0 Å². The zero-order chi connectivity index (χ0) is 18.2. The minimum Gasteiger partial charge on any atom is -0.356 e. The van der Waals surface area contributed by atoms with Crippen LogP contribution in [0.5, 0.6) is 0 Å². The summed E-state index contributed by atoms with van der Waals surface area (Å²) < 4.78 is 1.65. The van der Waals surface area contributed by atoms with E-state index in [4.69, 9.17) is 11.6 Å². The maximum Gasteiger partial charge on any atom is 0.220 e. The zero-order valence-electron chi connectivity index (χ0n) is 14.8. The van der Waals surface area contributed by atoms with Gasteiger partial charge in [0.15, 0.2) is 0 Å². The molecule has 1 aliphatic rings. The molecule has 7 heteroatoms. The van der Waals surface area contributed by atoms with Gasteiger partial charge >= 0.3 is 0 Å². The number of nitrogens with one attached hydrogen (secondary N) is 1. The number of tetrazole rings is 1. The fraction of sp³-hybridized carbons (Fsp3) is 0.474. The van der Waals surface area contributed by atoms with E-state index in [0.717, 1.165) is 12.0 Å². The molecular weight excluding hydrogens is 350 g/mol. The predicted molar refractivity (Wildman–Crippen MR) is 101 cm³/mol. The van der Waals surface area contributed by atoms with E-state index in [0.29, 0.717) is 24.5 Å². The number of hydrogen-bond donors (Lipinski definition) is 1. The SMILES string of the molecule is O=C(C[C@H](Cn1cnnn1)c1ccc(Cl)cc1)NCCC1=CCCCC1. The third-order valence-corrected chi connectivity index (χ3v) is 4.98. The predicted octanol–water partition coefficient (Wildman–Crippen LogP) is 3.51. The second-order valence-corrected chi connectivity index (χ2v) is 7.13. The van der Waals surface area contributed by atoms with Crippen LogP contribution in [0.15, 0.2) is 42.2 Å². The molecule has 0 fully saturated rings. The molecule has 0 unspecified atom stereocenters. The molecule has 0 saturated heterocycles. The Morgan fingerprint density at radius 2 is 2.12 bits per heavy atom. The monoisotopic (exact) mass is 373 g/mol. The quantitative estimate of drug-likeness (QED) is 0.718. The molecular formula is C19H24ClN5O. The normalized spacial score (nSPS) is 15.3. The molecule has 138 valence electrons. The molecule has 0 radical (unpaired) electrons. The van der Waals surface area contributed by atoms with Crippen LogP contribution in [-0.4, -0.2) is 32.7 Å². The summed E-state index contributed by atoms with van der Waals surface area (Å²) >= 11 is 5.99. The van der Waals surface area contributed by atoms with Gasteiger partial charge in [-0.15, -0.1) is 5.10 Å². The van der Waals surface area contributed by atoms with Crippen molar-refractivity contribution in [3.63, 3.8) is 0 Å². The highest BCUT2D eigenvalue weighted by Crippen LogP contribution is 2.24. The van der Waals surface area contributed by atoms with Gasteiger partial charge in [-0.25, -0.2) is 4.68 Å². The van der Waals surface area contributed by atoms with Gasteiger partial charge in [-0.05, 0) is 60.2 Å². The minimum atomic E-state index is -0.00957. The summed E-state index contributed by atoms with van der Waals surface area (Å²) in [5.74, 6) is 0.0408. The highest BCUT2D eigenvalue weighted by molar-refractivity contribution is 6.30. The molecule has 0 bridgehead atoms. The van der Waals surface area contributed by atoms with Crippen molar-refractivity contribution in [2.24, 2.45) is 0 Å². The van der Waals surface area contributed by atoms with E-state index < -0.39 is 0 Å². The van der Waals surface area contributed by atoms with E-state index in [2.05, 4.69) is 26.9 Å². The van der Waals surface area contributed by atoms with Gasteiger partial charge in [0.05, 0.1) is 6.54 Å². The first-order valence-electron chi connectivity index (χ1n) is 9.11. The number of carbonyl (C=O) groups is 1. The number of allylic oxidation sites excluding steroid dienone is 1. The largest absolute Gasteiger partial charge is 0.356 e. The maximum absolute atomic E-state index is 12.4. The molecule has 1 amide bonds. The highest BCUT2D eigenvalue weighted by Gasteiger charge is 2.18. The molecule has 2 aromatic rings. The molecule has 0 spiro atoms. The number of halogens is 1. The summed E-state index contributed by atoms with van der Waals surface area (Å²) in [5.41, 5.74) is 2.52. The van der Waals surface area contributed by atoms with Crippen LogP contribution in [0.3, 0.4) is 0 Å². The summed E-state index contributed by atoms with van der Waals surface area (Å²) in [6.45, 7) is 1.25. The number of rotatable bonds is 8. The van der Waals surface area contributed by atoms with E-state index in [-0.39, 0.29) is 11.8 Å². The van der Waals surface area contributed by atoms with Crippen molar-refractivity contribution in [1.82, 2.24) is 25.5 Å². The summed E-state index contributed by atoms with van der Waals surface area (Å²) in [6.07, 6.45) is 10.1. The Morgan fingerprint density at radius 3 is 2.81 bits per heavy atom. The Balaban J connectivity index is 1.56. The smallest absolute Gasteiger partial charge is 0.220 e. The molecule has 3 rings (SSSR count). The lowest BCUT2D eigenvalue weighted by Crippen LogP contribution is -2.27. The Labute approximate surface area is 158 Å². The highest BCUT2D eigenvalue weighted by atomic mass is 35.5. The zero-order valence-corrected chi connectivity index (χ0v) is 15.5. The van der Waals surface area contributed by atoms with E-state index in [1.165, 1.54) is 31.3 Å². The van der Waals surface area contributed by atoms with Gasteiger partial charge in [0.25, 0.3) is 0 Å². The molecule has 0 aliphatic heterocycles. The first-order chi connectivity index (χ1) is 12.7. The van der Waals surface area contributed by atoms with Crippen molar-refractivity contribution in [3.8, 4) is 0 Å². The van der Waals surface area contributed by atoms with Gasteiger partial charge in [0, 0.05) is 23.9 Å². The van der Waals surface area contributed by atoms with E-state index >= 15 is 0 Å². The molecule has 6 nitrogen and oxygen atoms in total. The average molecular weight is 374 g/mol. The molecule has 1 atom stereocenters. The first kappa shape index (κ1) is 18.6. The van der Waals surface area contributed by atoms with Crippen molar-refractivity contribution in [2.75, 3.05) is 6.54 Å². The van der Waals surface area contributed by atoms with Gasteiger partial charge in [0.1, 0.15) is 6.33 Å². The molecule has 1 aliphatic carbocycles. The Bertz CT molecular complexity index is 727. The number of carbonyl (C=O) groups excluding carboxylic acids is 1. The van der Waals surface area contributed by atoms with Crippen LogP contribution in [0.1, 0.15) is 50.0 Å². The van der Waals surface area contributed by atoms with E-state index in [1.807, 2.05) is 24.3 Å². The summed E-state index contributed by atoms with van der Waals surface area (Å²) in [4.78, 5) is 12.4. The minimum absolute atomic E-state index is 0.00957. The van der Waals surface area contributed by atoms with Gasteiger partial charge < -0.3 is 5.32 Å². The van der Waals surface area contributed by atoms with Crippen LogP contribution in [0.25, 0.3) is 0 Å². The van der Waals surface area contributed by atoms with Gasteiger partial charge in [-0.2, -0.15) is 0 Å². The standard InChI is InChI=1S/C19H24ClN5O/c20-18-8-6-16(7-9-18)17(13-25-14-22-23-24-25)12-19(26)21-11-10-15-4-2-1-3-5-15/h4,6-9,14,17H,1-3,5,10-13H2,(H,21,26)/t17-/m1/s1. The van der Waals surface area contributed by atoms with Gasteiger partial charge in [-0.1, -0.05) is 35.4 Å². The topological polar surface area (TPSA) is 72.7 Å². The van der Waals surface area contributed by atoms with Crippen molar-refractivity contribution >= 4 is 17.5 Å². The second kappa shape index (κ2) is 9.48. The molecule has 1 heterocycles. The number of hydrogen-bond acceptors (Lipinski definition) is 4. The third kappa shape index (κ3) is 5.66. The molecule has 1 N–H and O–H groups in total. The van der Waals surface area contributed by atoms with Crippen molar-refractivity contribution < 1.29 is 4.79 Å². The fourth-order valence-electron chi connectivity index (χ4n) is 3.30. The first-order valence-corrected chi connectivity index (χ1v) is 9.49. The number of nitrogens with zero attached hydrogens (tertiary/aromatic N) is 4. The molecule has 1 aromatic heterocycles. The molecule has 0 saturated carbocycles. The number of amides is 1. The molecule has 26 heavy (non-hydrogen) atoms. The van der Waals surface area contributed by atoms with Gasteiger partial charge in [-0.3, -0.25) is 4.79 Å². The Morgan fingerprint density at radius 1 is 1.27 bits per heavy atom. The van der Waals surface area contributed by atoms with Gasteiger partial charge in [0.2, 0.25) is 5.91 Å². The van der Waals surface area contributed by atoms with Crippen LogP contribution in [0.2, 0.25) is 5.02 Å².